The van der Waals surface area contributed by atoms with E-state index in [1.165, 1.54) is 33.4 Å². The second-order valence-electron chi connectivity index (χ2n) is 14.9. The van der Waals surface area contributed by atoms with Gasteiger partial charge in [-0.1, -0.05) is 123 Å². The van der Waals surface area contributed by atoms with Crippen LogP contribution in [0, 0.1) is 0 Å². The van der Waals surface area contributed by atoms with E-state index in [0.717, 1.165) is 33.7 Å². The van der Waals surface area contributed by atoms with Crippen molar-refractivity contribution in [3.05, 3.63) is 157 Å². The number of hydrogen-bond donors (Lipinski definition) is 0. The van der Waals surface area contributed by atoms with Crippen LogP contribution in [0.3, 0.4) is 0 Å². The predicted octanol–water partition coefficient (Wildman–Crippen LogP) is 11.1. The minimum absolute atomic E-state index is 0.0967. The van der Waals surface area contributed by atoms with E-state index >= 15 is 0 Å². The highest BCUT2D eigenvalue weighted by Gasteiger charge is 2.51. The third kappa shape index (κ3) is 5.40. The first-order chi connectivity index (χ1) is 23.5. The van der Waals surface area contributed by atoms with Gasteiger partial charge >= 0.3 is 7.12 Å². The van der Waals surface area contributed by atoms with Gasteiger partial charge in [0.15, 0.2) is 0 Å². The fourth-order valence-corrected chi connectivity index (χ4v) is 7.38. The average molecular weight is 640 g/mol. The molecule has 6 aromatic rings. The predicted molar refractivity (Wildman–Crippen MR) is 205 cm³/mol. The van der Waals surface area contributed by atoms with Crippen molar-refractivity contribution in [3.63, 3.8) is 0 Å². The zero-order valence-corrected chi connectivity index (χ0v) is 29.2. The van der Waals surface area contributed by atoms with Crippen LogP contribution >= 0.6 is 0 Å². The van der Waals surface area contributed by atoms with E-state index in [1.807, 2.05) is 0 Å². The molecule has 0 aromatic heterocycles. The molecule has 8 rings (SSSR count). The van der Waals surface area contributed by atoms with Crippen molar-refractivity contribution in [2.75, 3.05) is 4.90 Å². The maximum atomic E-state index is 6.41. The molecule has 0 bridgehead atoms. The van der Waals surface area contributed by atoms with Crippen molar-refractivity contribution in [1.29, 1.82) is 0 Å². The SMILES string of the molecule is CC1(C)c2ccccc2-c2ccc(N(c3ccc(-c4ccccc4)cc3)c3cccc(-c4cccc(B5OC(C)(C)C(C)(C)O5)c4)c3)cc21. The molecule has 2 aliphatic rings. The molecule has 49 heavy (non-hydrogen) atoms. The molecule has 0 amide bonds. The van der Waals surface area contributed by atoms with Gasteiger partial charge in [0.1, 0.15) is 0 Å². The Hall–Kier alpha value is -4.90. The summed E-state index contributed by atoms with van der Waals surface area (Å²) in [5, 5.41) is 0. The van der Waals surface area contributed by atoms with Gasteiger partial charge in [-0.05, 0) is 114 Å². The minimum Gasteiger partial charge on any atom is -0.399 e. The number of nitrogens with zero attached hydrogens (tertiary/aromatic N) is 1. The van der Waals surface area contributed by atoms with Gasteiger partial charge in [-0.3, -0.25) is 0 Å². The lowest BCUT2D eigenvalue weighted by Gasteiger charge is -2.32. The van der Waals surface area contributed by atoms with E-state index in [0.29, 0.717) is 0 Å². The zero-order valence-electron chi connectivity index (χ0n) is 29.2. The molecule has 0 N–H and O–H groups in total. The van der Waals surface area contributed by atoms with E-state index in [4.69, 9.17) is 9.31 Å². The molecule has 0 unspecified atom stereocenters. The Morgan fingerprint density at radius 3 is 1.71 bits per heavy atom. The van der Waals surface area contributed by atoms with E-state index in [-0.39, 0.29) is 5.41 Å². The number of anilines is 3. The van der Waals surface area contributed by atoms with Crippen molar-refractivity contribution in [3.8, 4) is 33.4 Å². The Bertz CT molecular complexity index is 2150. The number of rotatable bonds is 6. The average Bonchev–Trinajstić information content (AvgIpc) is 3.48. The van der Waals surface area contributed by atoms with Gasteiger partial charge < -0.3 is 14.2 Å². The maximum Gasteiger partial charge on any atom is 0.494 e. The number of fused-ring (bicyclic) bond motifs is 3. The van der Waals surface area contributed by atoms with Crippen molar-refractivity contribution >= 4 is 29.6 Å². The number of benzene rings is 6. The lowest BCUT2D eigenvalue weighted by atomic mass is 9.78. The molecular weight excluding hydrogens is 597 g/mol. The standard InChI is InChI=1S/C45H42BNO2/c1-43(2)41-21-11-10-20-39(41)40-27-26-38(30-42(40)43)47(36-24-22-32(23-25-36)31-14-8-7-9-15-31)37-19-13-17-34(29-37)33-16-12-18-35(28-33)46-48-44(3,4)45(5,6)49-46/h7-30H,1-6H3. The summed E-state index contributed by atoms with van der Waals surface area (Å²) in [4.78, 5) is 2.38. The smallest absolute Gasteiger partial charge is 0.399 e. The van der Waals surface area contributed by atoms with Crippen LogP contribution in [0.4, 0.5) is 17.1 Å². The minimum atomic E-state index is -0.411. The molecule has 6 aromatic carbocycles. The summed E-state index contributed by atoms with van der Waals surface area (Å²) >= 11 is 0. The third-order valence-corrected chi connectivity index (χ3v) is 10.9. The van der Waals surface area contributed by atoms with E-state index < -0.39 is 18.3 Å². The summed E-state index contributed by atoms with van der Waals surface area (Å²) in [6, 6.07) is 52.7. The van der Waals surface area contributed by atoms with Crippen LogP contribution in [-0.2, 0) is 14.7 Å². The second-order valence-corrected chi connectivity index (χ2v) is 14.9. The highest BCUT2D eigenvalue weighted by Crippen LogP contribution is 2.50. The third-order valence-electron chi connectivity index (χ3n) is 10.9. The van der Waals surface area contributed by atoms with Gasteiger partial charge in [0.25, 0.3) is 0 Å². The highest BCUT2D eigenvalue weighted by molar-refractivity contribution is 6.62. The van der Waals surface area contributed by atoms with Crippen LogP contribution < -0.4 is 10.4 Å². The molecule has 1 aliphatic carbocycles. The Kier molecular flexibility index (Phi) is 7.44. The summed E-state index contributed by atoms with van der Waals surface area (Å²) in [6.45, 7) is 13.1. The first kappa shape index (κ1) is 31.4. The molecule has 0 saturated carbocycles. The normalized spacial score (nSPS) is 16.7. The monoisotopic (exact) mass is 639 g/mol. The van der Waals surface area contributed by atoms with Gasteiger partial charge in [0, 0.05) is 22.5 Å². The molecule has 0 atom stereocenters. The molecular formula is C45H42BNO2. The quantitative estimate of drug-likeness (QED) is 0.169. The summed E-state index contributed by atoms with van der Waals surface area (Å²) in [7, 11) is -0.411. The van der Waals surface area contributed by atoms with Crippen molar-refractivity contribution < 1.29 is 9.31 Å². The second kappa shape index (κ2) is 11.6. The summed E-state index contributed by atoms with van der Waals surface area (Å²) in [5.41, 5.74) is 13.5. The molecule has 3 nitrogen and oxygen atoms in total. The van der Waals surface area contributed by atoms with Crippen LogP contribution in [0.5, 0.6) is 0 Å². The molecule has 242 valence electrons. The first-order valence-electron chi connectivity index (χ1n) is 17.3. The highest BCUT2D eigenvalue weighted by atomic mass is 16.7. The Morgan fingerprint density at radius 1 is 0.429 bits per heavy atom. The Morgan fingerprint density at radius 2 is 0.980 bits per heavy atom. The topological polar surface area (TPSA) is 21.7 Å². The summed E-state index contributed by atoms with van der Waals surface area (Å²) in [6.07, 6.45) is 0. The molecule has 0 spiro atoms. The fourth-order valence-electron chi connectivity index (χ4n) is 7.38. The van der Waals surface area contributed by atoms with Gasteiger partial charge in [-0.25, -0.2) is 0 Å². The number of hydrogen-bond acceptors (Lipinski definition) is 3. The van der Waals surface area contributed by atoms with Crippen LogP contribution in [0.25, 0.3) is 33.4 Å². The van der Waals surface area contributed by atoms with E-state index in [2.05, 4.69) is 192 Å². The Labute approximate surface area is 291 Å². The van der Waals surface area contributed by atoms with Gasteiger partial charge in [-0.15, -0.1) is 0 Å². The summed E-state index contributed by atoms with van der Waals surface area (Å²) in [5.74, 6) is 0. The maximum absolute atomic E-state index is 6.41. The molecule has 4 heteroatoms. The Balaban J connectivity index is 1.21. The van der Waals surface area contributed by atoms with Gasteiger partial charge in [0.2, 0.25) is 0 Å². The zero-order chi connectivity index (χ0) is 34.0. The molecule has 1 aliphatic heterocycles. The van der Waals surface area contributed by atoms with Gasteiger partial charge in [0.05, 0.1) is 11.2 Å². The van der Waals surface area contributed by atoms with Crippen molar-refractivity contribution in [2.24, 2.45) is 0 Å². The summed E-state index contributed by atoms with van der Waals surface area (Å²) < 4.78 is 12.8. The van der Waals surface area contributed by atoms with Crippen molar-refractivity contribution in [1.82, 2.24) is 0 Å². The largest absolute Gasteiger partial charge is 0.494 e. The van der Waals surface area contributed by atoms with Crippen LogP contribution in [0.15, 0.2) is 146 Å². The van der Waals surface area contributed by atoms with E-state index in [1.54, 1.807) is 0 Å². The molecule has 1 heterocycles. The van der Waals surface area contributed by atoms with Gasteiger partial charge in [-0.2, -0.15) is 0 Å². The lowest BCUT2D eigenvalue weighted by Crippen LogP contribution is -2.41. The molecule has 0 radical (unpaired) electrons. The molecule has 1 fully saturated rings. The van der Waals surface area contributed by atoms with Crippen LogP contribution in [0.2, 0.25) is 0 Å². The fraction of sp³-hybridized carbons (Fsp3) is 0.200. The first-order valence-corrected chi connectivity index (χ1v) is 17.3. The van der Waals surface area contributed by atoms with Crippen molar-refractivity contribution in [2.45, 2.75) is 58.2 Å². The van der Waals surface area contributed by atoms with Crippen LogP contribution in [0.1, 0.15) is 52.7 Å². The van der Waals surface area contributed by atoms with Crippen LogP contribution in [-0.4, -0.2) is 18.3 Å². The molecule has 1 saturated heterocycles. The lowest BCUT2D eigenvalue weighted by molar-refractivity contribution is 0.00578. The van der Waals surface area contributed by atoms with E-state index in [9.17, 15) is 0 Å².